The molecule has 0 aromatic rings. The molecule has 1 heteroatoms. The van der Waals surface area contributed by atoms with Gasteiger partial charge in [0.1, 0.15) is 0 Å². The molecule has 0 aliphatic carbocycles. The molecule has 0 unspecified atom stereocenters. The minimum atomic E-state index is 1.01. The van der Waals surface area contributed by atoms with E-state index in [0.29, 0.717) is 0 Å². The number of allylic oxidation sites excluding steroid dienone is 1. The van der Waals surface area contributed by atoms with Gasteiger partial charge in [0.15, 0.2) is 0 Å². The van der Waals surface area contributed by atoms with Crippen molar-refractivity contribution in [1.29, 1.82) is 0 Å². The van der Waals surface area contributed by atoms with Crippen LogP contribution in [-0.4, -0.2) is 13.6 Å². The quantitative estimate of drug-likeness (QED) is 0.569. The number of nitrogens with one attached hydrogen (secondary N) is 1. The predicted molar refractivity (Wildman–Crippen MR) is 42.6 cm³/mol. The highest BCUT2D eigenvalue weighted by Gasteiger charge is 1.83. The molecule has 0 radical (unpaired) electrons. The van der Waals surface area contributed by atoms with Gasteiger partial charge in [0.05, 0.1) is 0 Å². The van der Waals surface area contributed by atoms with Gasteiger partial charge in [-0.05, 0) is 20.4 Å². The monoisotopic (exact) mass is 127 g/mol. The van der Waals surface area contributed by atoms with Gasteiger partial charge in [0, 0.05) is 6.54 Å². The van der Waals surface area contributed by atoms with Crippen molar-refractivity contribution in [2.24, 2.45) is 0 Å². The third-order valence-corrected chi connectivity index (χ3v) is 1.30. The smallest absolute Gasteiger partial charge is 0.0134 e. The molecule has 0 atom stereocenters. The lowest BCUT2D eigenvalue weighted by Gasteiger charge is -1.96. The first kappa shape index (κ1) is 8.70. The highest BCUT2D eigenvalue weighted by molar-refractivity contribution is 4.98. The molecule has 0 amide bonds. The third-order valence-electron chi connectivity index (χ3n) is 1.30. The molecule has 0 saturated heterocycles. The lowest BCUT2D eigenvalue weighted by Crippen LogP contribution is -2.04. The Morgan fingerprint density at radius 1 is 1.56 bits per heavy atom. The molecule has 0 aliphatic rings. The zero-order valence-electron chi connectivity index (χ0n) is 6.70. The average molecular weight is 127 g/mol. The van der Waals surface area contributed by atoms with E-state index in [9.17, 15) is 0 Å². The maximum Gasteiger partial charge on any atom is 0.0134 e. The summed E-state index contributed by atoms with van der Waals surface area (Å²) in [6, 6.07) is 0. The van der Waals surface area contributed by atoms with Gasteiger partial charge in [-0.3, -0.25) is 0 Å². The second kappa shape index (κ2) is 5.83. The summed E-state index contributed by atoms with van der Waals surface area (Å²) in [6.45, 7) is 5.39. The standard InChI is InChI=1S/C8H17N/c1-4-5-8(2)6-7-9-3/h6,9H,4-5,7H2,1-3H3. The van der Waals surface area contributed by atoms with Gasteiger partial charge in [0.25, 0.3) is 0 Å². The normalized spacial score (nSPS) is 12.1. The van der Waals surface area contributed by atoms with E-state index in [0.717, 1.165) is 6.54 Å². The van der Waals surface area contributed by atoms with Gasteiger partial charge >= 0.3 is 0 Å². The largest absolute Gasteiger partial charge is 0.316 e. The topological polar surface area (TPSA) is 12.0 Å². The highest BCUT2D eigenvalue weighted by atomic mass is 14.8. The van der Waals surface area contributed by atoms with Crippen molar-refractivity contribution in [3.63, 3.8) is 0 Å². The van der Waals surface area contributed by atoms with Gasteiger partial charge in [-0.2, -0.15) is 0 Å². The fourth-order valence-electron chi connectivity index (χ4n) is 0.773. The van der Waals surface area contributed by atoms with Crippen molar-refractivity contribution in [2.75, 3.05) is 13.6 Å². The van der Waals surface area contributed by atoms with Gasteiger partial charge in [-0.15, -0.1) is 0 Å². The summed E-state index contributed by atoms with van der Waals surface area (Å²) in [5.74, 6) is 0. The fourth-order valence-corrected chi connectivity index (χ4v) is 0.773. The Kier molecular flexibility index (Phi) is 5.64. The molecule has 0 fully saturated rings. The van der Waals surface area contributed by atoms with Crippen LogP contribution in [0.4, 0.5) is 0 Å². The Morgan fingerprint density at radius 2 is 2.22 bits per heavy atom. The van der Waals surface area contributed by atoms with Crippen LogP contribution in [0.5, 0.6) is 0 Å². The lowest BCUT2D eigenvalue weighted by atomic mass is 10.2. The summed E-state index contributed by atoms with van der Waals surface area (Å²) in [7, 11) is 1.97. The number of hydrogen-bond acceptors (Lipinski definition) is 1. The summed E-state index contributed by atoms with van der Waals surface area (Å²) in [4.78, 5) is 0. The van der Waals surface area contributed by atoms with Gasteiger partial charge < -0.3 is 5.32 Å². The van der Waals surface area contributed by atoms with Crippen LogP contribution in [0.2, 0.25) is 0 Å². The molecule has 54 valence electrons. The predicted octanol–water partition coefficient (Wildman–Crippen LogP) is 1.95. The Morgan fingerprint density at radius 3 is 2.67 bits per heavy atom. The second-order valence-corrected chi connectivity index (χ2v) is 2.36. The highest BCUT2D eigenvalue weighted by Crippen LogP contribution is 2.00. The zero-order valence-corrected chi connectivity index (χ0v) is 6.70. The van der Waals surface area contributed by atoms with Crippen molar-refractivity contribution in [3.8, 4) is 0 Å². The van der Waals surface area contributed by atoms with Crippen LogP contribution in [0.1, 0.15) is 26.7 Å². The molecule has 0 bridgehead atoms. The Bertz CT molecular complexity index is 84.6. The Labute approximate surface area is 58.2 Å². The van der Waals surface area contributed by atoms with E-state index < -0.39 is 0 Å². The van der Waals surface area contributed by atoms with Crippen LogP contribution in [0.15, 0.2) is 11.6 Å². The molecular weight excluding hydrogens is 110 g/mol. The molecule has 0 saturated carbocycles. The van der Waals surface area contributed by atoms with Crippen LogP contribution in [0, 0.1) is 0 Å². The number of likely N-dealkylation sites (N-methyl/N-ethyl adjacent to an activating group) is 1. The van der Waals surface area contributed by atoms with Gasteiger partial charge in [-0.25, -0.2) is 0 Å². The molecule has 0 aromatic heterocycles. The van der Waals surface area contributed by atoms with Crippen molar-refractivity contribution >= 4 is 0 Å². The van der Waals surface area contributed by atoms with Crippen LogP contribution >= 0.6 is 0 Å². The summed E-state index contributed by atoms with van der Waals surface area (Å²) >= 11 is 0. The molecule has 1 nitrogen and oxygen atoms in total. The van der Waals surface area contributed by atoms with Gasteiger partial charge in [-0.1, -0.05) is 25.0 Å². The first-order valence-corrected chi connectivity index (χ1v) is 3.61. The molecule has 9 heavy (non-hydrogen) atoms. The van der Waals surface area contributed by atoms with Crippen molar-refractivity contribution in [1.82, 2.24) is 5.32 Å². The first-order chi connectivity index (χ1) is 4.31. The van der Waals surface area contributed by atoms with E-state index in [4.69, 9.17) is 0 Å². The van der Waals surface area contributed by atoms with Crippen LogP contribution in [0.25, 0.3) is 0 Å². The first-order valence-electron chi connectivity index (χ1n) is 3.61. The molecule has 0 heterocycles. The average Bonchev–Trinajstić information content (AvgIpc) is 1.85. The summed E-state index contributed by atoms with van der Waals surface area (Å²) in [5.41, 5.74) is 1.49. The van der Waals surface area contributed by atoms with E-state index in [-0.39, 0.29) is 0 Å². The summed E-state index contributed by atoms with van der Waals surface area (Å²) < 4.78 is 0. The molecule has 0 aromatic carbocycles. The number of hydrogen-bond donors (Lipinski definition) is 1. The second-order valence-electron chi connectivity index (χ2n) is 2.36. The van der Waals surface area contributed by atoms with Crippen LogP contribution in [0.3, 0.4) is 0 Å². The Balaban J connectivity index is 3.30. The maximum absolute atomic E-state index is 3.08. The third kappa shape index (κ3) is 5.57. The Hall–Kier alpha value is -0.300. The number of rotatable bonds is 4. The van der Waals surface area contributed by atoms with E-state index in [1.807, 2.05) is 7.05 Å². The van der Waals surface area contributed by atoms with E-state index >= 15 is 0 Å². The van der Waals surface area contributed by atoms with E-state index in [1.54, 1.807) is 0 Å². The maximum atomic E-state index is 3.08. The van der Waals surface area contributed by atoms with Crippen molar-refractivity contribution in [3.05, 3.63) is 11.6 Å². The minimum absolute atomic E-state index is 1.01. The molecule has 0 rings (SSSR count). The SMILES string of the molecule is CCCC(C)=CCNC. The molecular formula is C8H17N. The summed E-state index contributed by atoms with van der Waals surface area (Å²) in [5, 5.41) is 3.08. The zero-order chi connectivity index (χ0) is 7.11. The van der Waals surface area contributed by atoms with Crippen LogP contribution in [-0.2, 0) is 0 Å². The molecule has 0 spiro atoms. The van der Waals surface area contributed by atoms with Crippen molar-refractivity contribution in [2.45, 2.75) is 26.7 Å². The van der Waals surface area contributed by atoms with E-state index in [2.05, 4.69) is 25.2 Å². The van der Waals surface area contributed by atoms with E-state index in [1.165, 1.54) is 18.4 Å². The minimum Gasteiger partial charge on any atom is -0.316 e. The van der Waals surface area contributed by atoms with Gasteiger partial charge in [0.2, 0.25) is 0 Å². The lowest BCUT2D eigenvalue weighted by molar-refractivity contribution is 0.868. The molecule has 1 N–H and O–H groups in total. The fraction of sp³-hybridized carbons (Fsp3) is 0.750. The molecule has 0 aliphatic heterocycles. The summed E-state index contributed by atoms with van der Waals surface area (Å²) in [6.07, 6.45) is 4.73. The van der Waals surface area contributed by atoms with Crippen LogP contribution < -0.4 is 5.32 Å². The van der Waals surface area contributed by atoms with Crippen molar-refractivity contribution < 1.29 is 0 Å².